The molecule has 1 heterocycles. The number of amides is 1. The lowest BCUT2D eigenvalue weighted by Gasteiger charge is -2.38. The molecule has 7 heteroatoms. The zero-order valence-electron chi connectivity index (χ0n) is 13.9. The first-order valence-corrected chi connectivity index (χ1v) is 10.0. The van der Waals surface area contributed by atoms with E-state index in [-0.39, 0.29) is 47.3 Å². The number of carbonyl (C=O) groups excluding carboxylic acids is 3. The molecule has 2 aromatic carbocycles. The molecule has 0 saturated carbocycles. The minimum atomic E-state index is -3.17. The highest BCUT2D eigenvalue weighted by Gasteiger charge is 2.38. The van der Waals surface area contributed by atoms with Gasteiger partial charge in [0.25, 0.3) is 5.91 Å². The van der Waals surface area contributed by atoms with E-state index < -0.39 is 15.1 Å². The third-order valence-electron chi connectivity index (χ3n) is 4.91. The summed E-state index contributed by atoms with van der Waals surface area (Å²) in [6.07, 6.45) is 1.15. The predicted molar refractivity (Wildman–Crippen MR) is 94.3 cm³/mol. The van der Waals surface area contributed by atoms with E-state index in [0.717, 1.165) is 6.26 Å². The van der Waals surface area contributed by atoms with Gasteiger partial charge in [0.1, 0.15) is 0 Å². The number of sulfone groups is 1. The minimum Gasteiger partial charge on any atom is -0.336 e. The second-order valence-electron chi connectivity index (χ2n) is 6.63. The molecule has 1 aliphatic heterocycles. The molecular formula is C19H15NO5S. The van der Waals surface area contributed by atoms with E-state index in [1.54, 1.807) is 24.3 Å². The Labute approximate surface area is 150 Å². The van der Waals surface area contributed by atoms with Crippen molar-refractivity contribution in [3.8, 4) is 0 Å². The summed E-state index contributed by atoms with van der Waals surface area (Å²) in [7, 11) is -3.17. The van der Waals surface area contributed by atoms with E-state index >= 15 is 0 Å². The summed E-state index contributed by atoms with van der Waals surface area (Å²) in [5, 5.41) is -0.542. The smallest absolute Gasteiger partial charge is 0.253 e. The van der Waals surface area contributed by atoms with Crippen molar-refractivity contribution in [3.63, 3.8) is 0 Å². The molecule has 0 aromatic heterocycles. The van der Waals surface area contributed by atoms with Crippen molar-refractivity contribution in [1.82, 2.24) is 4.90 Å². The number of rotatable bonds is 2. The highest BCUT2D eigenvalue weighted by molar-refractivity contribution is 7.91. The van der Waals surface area contributed by atoms with Crippen LogP contribution in [0.5, 0.6) is 0 Å². The van der Waals surface area contributed by atoms with Crippen LogP contribution >= 0.6 is 0 Å². The summed E-state index contributed by atoms with van der Waals surface area (Å²) in [6, 6.07) is 11.0. The van der Waals surface area contributed by atoms with Crippen LogP contribution in [0.2, 0.25) is 0 Å². The number of likely N-dealkylation sites (tertiary alicyclic amines) is 1. The average molecular weight is 369 g/mol. The first-order chi connectivity index (χ1) is 12.3. The first kappa shape index (κ1) is 16.7. The van der Waals surface area contributed by atoms with Gasteiger partial charge in [0.15, 0.2) is 21.4 Å². The Morgan fingerprint density at radius 3 is 2.04 bits per heavy atom. The lowest BCUT2D eigenvalue weighted by Crippen LogP contribution is -2.56. The number of benzene rings is 2. The van der Waals surface area contributed by atoms with Gasteiger partial charge in [0.05, 0.1) is 5.25 Å². The largest absolute Gasteiger partial charge is 0.336 e. The maximum Gasteiger partial charge on any atom is 0.253 e. The standard InChI is InChI=1S/C19H15NO5S/c1-26(24,25)12-9-20(10-12)19(23)11-6-7-15-16(8-11)18(22)14-5-3-2-4-13(14)17(15)21/h2-8,12H,9-10H2,1H3. The maximum absolute atomic E-state index is 12.7. The van der Waals surface area contributed by atoms with Crippen LogP contribution in [0.25, 0.3) is 0 Å². The fraction of sp³-hybridized carbons (Fsp3) is 0.211. The van der Waals surface area contributed by atoms with Gasteiger partial charge in [0, 0.05) is 47.2 Å². The molecule has 1 amide bonds. The van der Waals surface area contributed by atoms with Crippen molar-refractivity contribution in [2.45, 2.75) is 5.25 Å². The highest BCUT2D eigenvalue weighted by atomic mass is 32.2. The molecule has 0 unspecified atom stereocenters. The van der Waals surface area contributed by atoms with Gasteiger partial charge in [-0.25, -0.2) is 8.42 Å². The Balaban J connectivity index is 1.65. The molecule has 1 fully saturated rings. The number of carbonyl (C=O) groups is 3. The van der Waals surface area contributed by atoms with Gasteiger partial charge in [-0.15, -0.1) is 0 Å². The Morgan fingerprint density at radius 1 is 0.923 bits per heavy atom. The molecule has 1 saturated heterocycles. The summed E-state index contributed by atoms with van der Waals surface area (Å²) >= 11 is 0. The first-order valence-electron chi connectivity index (χ1n) is 8.08. The molecular weight excluding hydrogens is 354 g/mol. The lowest BCUT2D eigenvalue weighted by atomic mass is 9.83. The molecule has 0 N–H and O–H groups in total. The zero-order valence-corrected chi connectivity index (χ0v) is 14.7. The Kier molecular flexibility index (Phi) is 3.59. The van der Waals surface area contributed by atoms with E-state index in [1.807, 2.05) is 0 Å². The molecule has 0 bridgehead atoms. The van der Waals surface area contributed by atoms with Gasteiger partial charge in [-0.05, 0) is 18.2 Å². The lowest BCUT2D eigenvalue weighted by molar-refractivity contribution is 0.0659. The molecule has 1 aliphatic carbocycles. The van der Waals surface area contributed by atoms with Crippen molar-refractivity contribution < 1.29 is 22.8 Å². The topological polar surface area (TPSA) is 88.6 Å². The van der Waals surface area contributed by atoms with E-state index in [9.17, 15) is 22.8 Å². The summed E-state index contributed by atoms with van der Waals surface area (Å²) in [5.41, 5.74) is 1.46. The van der Waals surface area contributed by atoms with E-state index in [1.165, 1.54) is 23.1 Å². The molecule has 2 aliphatic rings. The molecule has 26 heavy (non-hydrogen) atoms. The number of fused-ring (bicyclic) bond motifs is 2. The van der Waals surface area contributed by atoms with Crippen LogP contribution in [0, 0.1) is 0 Å². The summed E-state index contributed by atoms with van der Waals surface area (Å²) in [4.78, 5) is 39.3. The van der Waals surface area contributed by atoms with Crippen LogP contribution in [-0.2, 0) is 9.84 Å². The van der Waals surface area contributed by atoms with Crippen LogP contribution in [0.3, 0.4) is 0 Å². The number of ketones is 2. The maximum atomic E-state index is 12.7. The molecule has 2 aromatic rings. The van der Waals surface area contributed by atoms with Crippen LogP contribution in [0.1, 0.15) is 42.2 Å². The van der Waals surface area contributed by atoms with E-state index in [4.69, 9.17) is 0 Å². The Bertz CT molecular complexity index is 1080. The fourth-order valence-electron chi connectivity index (χ4n) is 3.29. The second-order valence-corrected chi connectivity index (χ2v) is 8.95. The van der Waals surface area contributed by atoms with Gasteiger partial charge in [-0.1, -0.05) is 24.3 Å². The van der Waals surface area contributed by atoms with Gasteiger partial charge >= 0.3 is 0 Å². The SMILES string of the molecule is CS(=O)(=O)C1CN(C(=O)c2ccc3c(c2)C(=O)c2ccccc2C3=O)C1. The predicted octanol–water partition coefficient (Wildman–Crippen LogP) is 1.33. The van der Waals surface area contributed by atoms with Gasteiger partial charge in [-0.3, -0.25) is 14.4 Å². The van der Waals surface area contributed by atoms with Gasteiger partial charge in [-0.2, -0.15) is 0 Å². The van der Waals surface area contributed by atoms with Crippen LogP contribution in [-0.4, -0.2) is 55.4 Å². The Morgan fingerprint density at radius 2 is 1.46 bits per heavy atom. The third kappa shape index (κ3) is 2.47. The minimum absolute atomic E-state index is 0.143. The van der Waals surface area contributed by atoms with Crippen LogP contribution < -0.4 is 0 Å². The van der Waals surface area contributed by atoms with E-state index in [2.05, 4.69) is 0 Å². The third-order valence-corrected chi connectivity index (χ3v) is 6.42. The van der Waals surface area contributed by atoms with Crippen LogP contribution in [0.15, 0.2) is 42.5 Å². The van der Waals surface area contributed by atoms with Crippen molar-refractivity contribution in [2.75, 3.05) is 19.3 Å². The number of hydrogen-bond acceptors (Lipinski definition) is 5. The van der Waals surface area contributed by atoms with Crippen molar-refractivity contribution in [3.05, 3.63) is 70.3 Å². The summed E-state index contributed by atoms with van der Waals surface area (Å²) in [6.45, 7) is 0.287. The van der Waals surface area contributed by atoms with Crippen molar-refractivity contribution >= 4 is 27.3 Å². The van der Waals surface area contributed by atoms with Crippen LogP contribution in [0.4, 0.5) is 0 Å². The molecule has 0 atom stereocenters. The van der Waals surface area contributed by atoms with Gasteiger partial charge < -0.3 is 4.90 Å². The highest BCUT2D eigenvalue weighted by Crippen LogP contribution is 2.28. The molecule has 132 valence electrons. The van der Waals surface area contributed by atoms with E-state index in [0.29, 0.717) is 11.1 Å². The number of hydrogen-bond donors (Lipinski definition) is 0. The average Bonchev–Trinajstić information content (AvgIpc) is 2.56. The normalized spacial score (nSPS) is 16.7. The van der Waals surface area contributed by atoms with Crippen molar-refractivity contribution in [2.24, 2.45) is 0 Å². The van der Waals surface area contributed by atoms with Gasteiger partial charge in [0.2, 0.25) is 0 Å². The summed E-state index contributed by atoms with van der Waals surface area (Å²) in [5.74, 6) is -0.871. The molecule has 0 spiro atoms. The molecule has 0 radical (unpaired) electrons. The second kappa shape index (κ2) is 5.60. The molecule has 4 rings (SSSR count). The Hall–Kier alpha value is -2.80. The zero-order chi connectivity index (χ0) is 18.6. The summed E-state index contributed by atoms with van der Waals surface area (Å²) < 4.78 is 23.0. The molecule has 6 nitrogen and oxygen atoms in total. The van der Waals surface area contributed by atoms with Crippen molar-refractivity contribution in [1.29, 1.82) is 0 Å². The monoisotopic (exact) mass is 369 g/mol. The fourth-order valence-corrected chi connectivity index (χ4v) is 4.19. The quantitative estimate of drug-likeness (QED) is 0.680. The number of nitrogens with zero attached hydrogens (tertiary/aromatic N) is 1.